The highest BCUT2D eigenvalue weighted by Gasteiger charge is 2.20. The Morgan fingerprint density at radius 2 is 0.800 bits per heavy atom. The third kappa shape index (κ3) is 2.60. The van der Waals surface area contributed by atoms with Crippen molar-refractivity contribution in [1.29, 1.82) is 0 Å². The van der Waals surface area contributed by atoms with Gasteiger partial charge >= 0.3 is 0 Å². The van der Waals surface area contributed by atoms with E-state index in [0.29, 0.717) is 0 Å². The van der Waals surface area contributed by atoms with E-state index in [1.165, 1.54) is 0 Å². The Hall–Kier alpha value is -2.82. The van der Waals surface area contributed by atoms with Crippen LogP contribution in [0.15, 0.2) is 103 Å². The second kappa shape index (κ2) is 6.86. The zero-order chi connectivity index (χ0) is 20.2. The highest BCUT2D eigenvalue weighted by molar-refractivity contribution is 9.10. The number of hydrogen-bond acceptors (Lipinski definition) is 2. The van der Waals surface area contributed by atoms with Crippen LogP contribution in [0.5, 0.6) is 0 Å². The standard InChI is InChI=1S/C26H14Br2O2/c27-25-21(15-7-3-1-4-8-15)19-13-11-18-17(23(19)29-25)12-14-20-22(26(28)30-24(18)20)16-9-5-2-6-10-16/h1-14H. The Labute approximate surface area is 189 Å². The summed E-state index contributed by atoms with van der Waals surface area (Å²) in [7, 11) is 0. The van der Waals surface area contributed by atoms with E-state index in [1.54, 1.807) is 0 Å². The smallest absolute Gasteiger partial charge is 0.178 e. The first-order chi connectivity index (χ1) is 14.7. The van der Waals surface area contributed by atoms with Crippen LogP contribution in [0.3, 0.4) is 0 Å². The van der Waals surface area contributed by atoms with E-state index in [9.17, 15) is 0 Å². The number of rotatable bonds is 2. The van der Waals surface area contributed by atoms with E-state index in [1.807, 2.05) is 36.4 Å². The van der Waals surface area contributed by atoms with Crippen LogP contribution in [0.4, 0.5) is 0 Å². The number of benzene rings is 4. The van der Waals surface area contributed by atoms with Crippen LogP contribution in [0, 0.1) is 0 Å². The summed E-state index contributed by atoms with van der Waals surface area (Å²) < 4.78 is 13.9. The third-order valence-electron chi connectivity index (χ3n) is 5.54. The van der Waals surface area contributed by atoms with Crippen molar-refractivity contribution in [3.8, 4) is 22.3 Å². The Morgan fingerprint density at radius 1 is 0.433 bits per heavy atom. The van der Waals surface area contributed by atoms with Gasteiger partial charge in [-0.15, -0.1) is 0 Å². The molecule has 0 saturated heterocycles. The molecule has 4 aromatic carbocycles. The quantitative estimate of drug-likeness (QED) is 0.229. The zero-order valence-corrected chi connectivity index (χ0v) is 18.8. The summed E-state index contributed by atoms with van der Waals surface area (Å²) in [5.41, 5.74) is 6.09. The van der Waals surface area contributed by atoms with Crippen molar-refractivity contribution in [3.63, 3.8) is 0 Å². The minimum atomic E-state index is 0.738. The molecule has 0 bridgehead atoms. The van der Waals surface area contributed by atoms with Crippen molar-refractivity contribution in [2.45, 2.75) is 0 Å². The molecule has 0 radical (unpaired) electrons. The van der Waals surface area contributed by atoms with Crippen molar-refractivity contribution < 1.29 is 8.83 Å². The molecule has 4 heteroatoms. The van der Waals surface area contributed by atoms with Crippen LogP contribution in [0.25, 0.3) is 55.0 Å². The summed E-state index contributed by atoms with van der Waals surface area (Å²) in [6.45, 7) is 0. The fourth-order valence-electron chi connectivity index (χ4n) is 4.20. The van der Waals surface area contributed by atoms with Crippen molar-refractivity contribution in [1.82, 2.24) is 0 Å². The van der Waals surface area contributed by atoms with Crippen molar-refractivity contribution in [2.24, 2.45) is 0 Å². The van der Waals surface area contributed by atoms with E-state index < -0.39 is 0 Å². The minimum Gasteiger partial charge on any atom is -0.448 e. The van der Waals surface area contributed by atoms with Gasteiger partial charge in [-0.05, 0) is 67.3 Å². The zero-order valence-electron chi connectivity index (χ0n) is 15.7. The van der Waals surface area contributed by atoms with Gasteiger partial charge < -0.3 is 8.83 Å². The lowest BCUT2D eigenvalue weighted by molar-refractivity contribution is 0.589. The highest BCUT2D eigenvalue weighted by Crippen LogP contribution is 2.45. The maximum Gasteiger partial charge on any atom is 0.178 e. The SMILES string of the molecule is Brc1oc2c(ccc3c2ccc2c(-c4ccccc4)c(Br)oc23)c1-c1ccccc1. The lowest BCUT2D eigenvalue weighted by atomic mass is 9.99. The predicted molar refractivity (Wildman–Crippen MR) is 130 cm³/mol. The van der Waals surface area contributed by atoms with Crippen molar-refractivity contribution in [2.75, 3.05) is 0 Å². The molecule has 6 rings (SSSR count). The van der Waals surface area contributed by atoms with Gasteiger partial charge in [0.1, 0.15) is 11.2 Å². The molecule has 6 aromatic rings. The Balaban J connectivity index is 1.66. The Kier molecular flexibility index (Phi) is 4.12. The van der Waals surface area contributed by atoms with Gasteiger partial charge in [-0.25, -0.2) is 0 Å². The van der Waals surface area contributed by atoms with Gasteiger partial charge in [0.25, 0.3) is 0 Å². The van der Waals surface area contributed by atoms with Crippen LogP contribution < -0.4 is 0 Å². The Bertz CT molecular complexity index is 1430. The Morgan fingerprint density at radius 3 is 1.20 bits per heavy atom. The van der Waals surface area contributed by atoms with Crippen molar-refractivity contribution in [3.05, 3.63) is 94.3 Å². The van der Waals surface area contributed by atoms with Gasteiger partial charge in [-0.1, -0.05) is 60.7 Å². The summed E-state index contributed by atoms with van der Waals surface area (Å²) in [5, 5.41) is 4.22. The molecule has 0 unspecified atom stereocenters. The lowest BCUT2D eigenvalue weighted by Crippen LogP contribution is -1.79. The molecular weight excluding hydrogens is 504 g/mol. The minimum absolute atomic E-state index is 0.738. The fraction of sp³-hybridized carbons (Fsp3) is 0. The average molecular weight is 518 g/mol. The van der Waals surface area contributed by atoms with E-state index in [4.69, 9.17) is 8.83 Å². The first-order valence-corrected chi connectivity index (χ1v) is 11.2. The van der Waals surface area contributed by atoms with Crippen LogP contribution in [-0.4, -0.2) is 0 Å². The van der Waals surface area contributed by atoms with Crippen LogP contribution in [0.2, 0.25) is 0 Å². The van der Waals surface area contributed by atoms with E-state index >= 15 is 0 Å². The molecule has 2 aromatic heterocycles. The van der Waals surface area contributed by atoms with Gasteiger partial charge in [0, 0.05) is 32.7 Å². The van der Waals surface area contributed by atoms with E-state index in [2.05, 4.69) is 80.4 Å². The van der Waals surface area contributed by atoms with Crippen molar-refractivity contribution >= 4 is 64.6 Å². The summed E-state index contributed by atoms with van der Waals surface area (Å²) in [4.78, 5) is 0. The summed E-state index contributed by atoms with van der Waals surface area (Å²) in [6.07, 6.45) is 0. The molecule has 144 valence electrons. The molecule has 2 nitrogen and oxygen atoms in total. The number of hydrogen-bond donors (Lipinski definition) is 0. The molecule has 0 saturated carbocycles. The van der Waals surface area contributed by atoms with Gasteiger partial charge in [0.05, 0.1) is 0 Å². The molecule has 0 aliphatic carbocycles. The predicted octanol–water partition coefficient (Wildman–Crippen LogP) is 9.19. The normalized spacial score (nSPS) is 11.7. The van der Waals surface area contributed by atoms with E-state index in [0.717, 1.165) is 64.3 Å². The van der Waals surface area contributed by atoms with Gasteiger partial charge in [-0.2, -0.15) is 0 Å². The number of furan rings is 2. The highest BCUT2D eigenvalue weighted by atomic mass is 79.9. The van der Waals surface area contributed by atoms with Gasteiger partial charge in [0.2, 0.25) is 0 Å². The molecule has 2 heterocycles. The maximum atomic E-state index is 6.20. The molecule has 0 aliphatic heterocycles. The second-order valence-corrected chi connectivity index (χ2v) is 8.65. The number of halogens is 2. The molecule has 0 atom stereocenters. The summed E-state index contributed by atoms with van der Waals surface area (Å²) in [5.74, 6) is 0. The summed E-state index contributed by atoms with van der Waals surface area (Å²) in [6, 6.07) is 29.1. The monoisotopic (exact) mass is 516 g/mol. The third-order valence-corrected chi connectivity index (χ3v) is 6.66. The fourth-order valence-corrected chi connectivity index (χ4v) is 5.41. The first-order valence-electron chi connectivity index (χ1n) is 9.59. The first kappa shape index (κ1) is 18.0. The largest absolute Gasteiger partial charge is 0.448 e. The van der Waals surface area contributed by atoms with Gasteiger partial charge in [-0.3, -0.25) is 0 Å². The second-order valence-electron chi connectivity index (χ2n) is 7.21. The molecule has 0 spiro atoms. The average Bonchev–Trinajstić information content (AvgIpc) is 3.30. The topological polar surface area (TPSA) is 26.3 Å². The molecular formula is C26H14Br2O2. The maximum absolute atomic E-state index is 6.20. The van der Waals surface area contributed by atoms with Crippen LogP contribution >= 0.6 is 31.9 Å². The molecule has 0 amide bonds. The van der Waals surface area contributed by atoms with E-state index in [-0.39, 0.29) is 0 Å². The summed E-state index contributed by atoms with van der Waals surface area (Å²) >= 11 is 7.26. The molecule has 30 heavy (non-hydrogen) atoms. The molecule has 0 N–H and O–H groups in total. The lowest BCUT2D eigenvalue weighted by Gasteiger charge is -2.03. The van der Waals surface area contributed by atoms with Crippen LogP contribution in [0.1, 0.15) is 0 Å². The number of fused-ring (bicyclic) bond motifs is 5. The van der Waals surface area contributed by atoms with Gasteiger partial charge in [0.15, 0.2) is 9.34 Å². The van der Waals surface area contributed by atoms with Crippen LogP contribution in [-0.2, 0) is 0 Å². The molecule has 0 aliphatic rings. The molecule has 0 fully saturated rings.